The summed E-state index contributed by atoms with van der Waals surface area (Å²) in [6, 6.07) is -1.28. The van der Waals surface area contributed by atoms with Gasteiger partial charge >= 0.3 is 5.97 Å². The minimum absolute atomic E-state index is 0.0238. The van der Waals surface area contributed by atoms with E-state index in [1.165, 1.54) is 6.08 Å². The van der Waals surface area contributed by atoms with E-state index < -0.39 is 18.1 Å². The minimum atomic E-state index is -0.675. The molecular formula is C19H33FN4O3. The van der Waals surface area contributed by atoms with Crippen molar-refractivity contribution in [2.24, 2.45) is 17.1 Å². The summed E-state index contributed by atoms with van der Waals surface area (Å²) >= 11 is 0. The molecule has 0 aromatic rings. The highest BCUT2D eigenvalue weighted by Gasteiger charge is 2.39. The Kier molecular flexibility index (Phi) is 7.36. The lowest BCUT2D eigenvalue weighted by Gasteiger charge is -2.34. The van der Waals surface area contributed by atoms with E-state index in [1.54, 1.807) is 4.90 Å². The van der Waals surface area contributed by atoms with Crippen LogP contribution in [-0.4, -0.2) is 53.4 Å². The molecule has 3 unspecified atom stereocenters. The van der Waals surface area contributed by atoms with E-state index in [-0.39, 0.29) is 29.3 Å². The maximum atomic E-state index is 13.5. The highest BCUT2D eigenvalue weighted by atomic mass is 19.2. The number of amides is 1. The molecule has 1 saturated heterocycles. The van der Waals surface area contributed by atoms with Crippen molar-refractivity contribution in [3.05, 3.63) is 12.7 Å². The largest absolute Gasteiger partial charge is 0.345 e. The lowest BCUT2D eigenvalue weighted by molar-refractivity contribution is -0.260. The first-order valence-corrected chi connectivity index (χ1v) is 9.71. The summed E-state index contributed by atoms with van der Waals surface area (Å²) in [4.78, 5) is 31.7. The Morgan fingerprint density at radius 3 is 2.63 bits per heavy atom. The third kappa shape index (κ3) is 6.26. The number of hydrogen-bond donors (Lipinski definition) is 2. The third-order valence-electron chi connectivity index (χ3n) is 5.14. The first-order chi connectivity index (χ1) is 12.6. The molecule has 0 bridgehead atoms. The van der Waals surface area contributed by atoms with E-state index >= 15 is 0 Å². The quantitative estimate of drug-likeness (QED) is 0.359. The van der Waals surface area contributed by atoms with Gasteiger partial charge in [-0.3, -0.25) is 10.1 Å². The predicted molar refractivity (Wildman–Crippen MR) is 101 cm³/mol. The monoisotopic (exact) mass is 384 g/mol. The molecule has 0 radical (unpaired) electrons. The number of nitrogens with zero attached hydrogens (tertiary/aromatic N) is 2. The van der Waals surface area contributed by atoms with Crippen molar-refractivity contribution < 1.29 is 18.9 Å². The van der Waals surface area contributed by atoms with Crippen LogP contribution in [0.5, 0.6) is 0 Å². The van der Waals surface area contributed by atoms with E-state index in [1.807, 2.05) is 20.8 Å². The Bertz CT molecular complexity index is 548. The summed E-state index contributed by atoms with van der Waals surface area (Å²) in [6.07, 6.45) is 5.25. The second kappa shape index (κ2) is 9.12. The van der Waals surface area contributed by atoms with Gasteiger partial charge in [-0.15, -0.1) is 6.58 Å². The number of halogens is 1. The van der Waals surface area contributed by atoms with Crippen molar-refractivity contribution >= 4 is 11.9 Å². The van der Waals surface area contributed by atoms with Crippen LogP contribution in [0, 0.1) is 11.3 Å². The molecular weight excluding hydrogens is 351 g/mol. The SMILES string of the molecule is C=CCN(F)OC(=O)C(CC1CC1)NC1CCCN1C(=O)C(N)C(C)(C)C. The molecule has 3 atom stereocenters. The molecule has 1 aliphatic carbocycles. The van der Waals surface area contributed by atoms with Crippen molar-refractivity contribution in [2.75, 3.05) is 13.1 Å². The summed E-state index contributed by atoms with van der Waals surface area (Å²) in [5.41, 5.74) is 5.79. The van der Waals surface area contributed by atoms with Gasteiger partial charge in [0.15, 0.2) is 0 Å². The van der Waals surface area contributed by atoms with Crippen LogP contribution in [0.25, 0.3) is 0 Å². The number of hydroxylamine groups is 1. The van der Waals surface area contributed by atoms with Crippen LogP contribution < -0.4 is 11.1 Å². The Morgan fingerprint density at radius 2 is 2.07 bits per heavy atom. The van der Waals surface area contributed by atoms with Crippen molar-refractivity contribution in [1.82, 2.24) is 15.5 Å². The molecule has 1 saturated carbocycles. The summed E-state index contributed by atoms with van der Waals surface area (Å²) < 4.78 is 13.5. The Morgan fingerprint density at radius 1 is 1.41 bits per heavy atom. The fourth-order valence-corrected chi connectivity index (χ4v) is 3.20. The van der Waals surface area contributed by atoms with Crippen LogP contribution in [0.15, 0.2) is 12.7 Å². The van der Waals surface area contributed by atoms with Gasteiger partial charge in [0.1, 0.15) is 6.04 Å². The Hall–Kier alpha value is -1.51. The minimum Gasteiger partial charge on any atom is -0.336 e. The third-order valence-corrected chi connectivity index (χ3v) is 5.14. The van der Waals surface area contributed by atoms with E-state index in [0.717, 1.165) is 25.7 Å². The number of carbonyl (C=O) groups is 2. The molecule has 3 N–H and O–H groups in total. The second-order valence-electron chi connectivity index (χ2n) is 8.63. The number of hydrogen-bond acceptors (Lipinski definition) is 6. The van der Waals surface area contributed by atoms with Gasteiger partial charge in [-0.1, -0.05) is 44.2 Å². The summed E-state index contributed by atoms with van der Waals surface area (Å²) in [6.45, 7) is 9.59. The lowest BCUT2D eigenvalue weighted by atomic mass is 9.86. The molecule has 1 heterocycles. The average molecular weight is 384 g/mol. The smallest absolute Gasteiger partial charge is 0.336 e. The van der Waals surface area contributed by atoms with Gasteiger partial charge in [0, 0.05) is 11.8 Å². The molecule has 0 aromatic heterocycles. The molecule has 7 nitrogen and oxygen atoms in total. The highest BCUT2D eigenvalue weighted by molar-refractivity contribution is 5.83. The maximum absolute atomic E-state index is 13.5. The van der Waals surface area contributed by atoms with Crippen LogP contribution in [0.2, 0.25) is 0 Å². The molecule has 27 heavy (non-hydrogen) atoms. The standard InChI is InChI=1S/C19H33FN4O3/c1-5-10-24(20)27-18(26)14(12-13-8-9-13)22-15-7-6-11-23(15)17(25)16(21)19(2,3)4/h5,13-16,22H,1,6-12,21H2,2-4H3. The summed E-state index contributed by atoms with van der Waals surface area (Å²) in [5.74, 6) is -0.370. The van der Waals surface area contributed by atoms with Gasteiger partial charge in [0.05, 0.1) is 18.8 Å². The number of carbonyl (C=O) groups excluding carboxylic acids is 2. The second-order valence-corrected chi connectivity index (χ2v) is 8.63. The fourth-order valence-electron chi connectivity index (χ4n) is 3.20. The highest BCUT2D eigenvalue weighted by Crippen LogP contribution is 2.34. The Balaban J connectivity index is 2.03. The summed E-state index contributed by atoms with van der Waals surface area (Å²) in [5, 5.41) is 3.20. The normalized spacial score (nSPS) is 22.6. The van der Waals surface area contributed by atoms with Gasteiger partial charge in [-0.05, 0) is 30.6 Å². The first-order valence-electron chi connectivity index (χ1n) is 9.71. The van der Waals surface area contributed by atoms with Crippen LogP contribution in [0.4, 0.5) is 4.48 Å². The predicted octanol–water partition coefficient (Wildman–Crippen LogP) is 1.90. The zero-order chi connectivity index (χ0) is 20.2. The van der Waals surface area contributed by atoms with Gasteiger partial charge in [0.2, 0.25) is 5.91 Å². The van der Waals surface area contributed by atoms with Crippen LogP contribution >= 0.6 is 0 Å². The van der Waals surface area contributed by atoms with Crippen molar-refractivity contribution in [3.8, 4) is 0 Å². The molecule has 1 aliphatic heterocycles. The topological polar surface area (TPSA) is 87.9 Å². The van der Waals surface area contributed by atoms with Gasteiger partial charge < -0.3 is 15.5 Å². The molecule has 8 heteroatoms. The van der Waals surface area contributed by atoms with Crippen molar-refractivity contribution in [3.63, 3.8) is 0 Å². The molecule has 0 spiro atoms. The van der Waals surface area contributed by atoms with Crippen LogP contribution in [-0.2, 0) is 14.4 Å². The van der Waals surface area contributed by atoms with E-state index in [9.17, 15) is 14.1 Å². The molecule has 0 aromatic carbocycles. The molecule has 154 valence electrons. The molecule has 2 aliphatic rings. The van der Waals surface area contributed by atoms with Crippen molar-refractivity contribution in [1.29, 1.82) is 0 Å². The fraction of sp³-hybridized carbons (Fsp3) is 0.789. The van der Waals surface area contributed by atoms with Crippen molar-refractivity contribution in [2.45, 2.75) is 71.1 Å². The van der Waals surface area contributed by atoms with Gasteiger partial charge in [-0.2, -0.15) is 0 Å². The van der Waals surface area contributed by atoms with E-state index in [0.29, 0.717) is 18.9 Å². The zero-order valence-electron chi connectivity index (χ0n) is 16.6. The van der Waals surface area contributed by atoms with Crippen LogP contribution in [0.1, 0.15) is 52.9 Å². The first kappa shape index (κ1) is 21.8. The maximum Gasteiger partial charge on any atom is 0.345 e. The molecule has 1 amide bonds. The lowest BCUT2D eigenvalue weighted by Crippen LogP contribution is -2.57. The van der Waals surface area contributed by atoms with Crippen LogP contribution in [0.3, 0.4) is 0 Å². The van der Waals surface area contributed by atoms with Gasteiger partial charge in [0.25, 0.3) is 0 Å². The van der Waals surface area contributed by atoms with Gasteiger partial charge in [-0.25, -0.2) is 4.79 Å². The number of nitrogens with one attached hydrogen (secondary N) is 1. The Labute approximate surface area is 161 Å². The number of likely N-dealkylation sites (tertiary alicyclic amines) is 1. The summed E-state index contributed by atoms with van der Waals surface area (Å²) in [7, 11) is 0. The number of nitrogens with two attached hydrogens (primary N) is 1. The molecule has 2 fully saturated rings. The number of rotatable bonds is 9. The van der Waals surface area contributed by atoms with E-state index in [4.69, 9.17) is 10.6 Å². The van der Waals surface area contributed by atoms with E-state index in [2.05, 4.69) is 11.9 Å². The zero-order valence-corrected chi connectivity index (χ0v) is 16.6. The molecule has 2 rings (SSSR count). The average Bonchev–Trinajstić information content (AvgIpc) is 3.27.